The summed E-state index contributed by atoms with van der Waals surface area (Å²) in [6.45, 7) is -0.358. The van der Waals surface area contributed by atoms with Crippen molar-refractivity contribution in [2.24, 2.45) is 0 Å². The van der Waals surface area contributed by atoms with E-state index in [-0.39, 0.29) is 36.3 Å². The summed E-state index contributed by atoms with van der Waals surface area (Å²) in [4.78, 5) is 0.302. The number of benzene rings is 2. The van der Waals surface area contributed by atoms with Crippen molar-refractivity contribution in [2.75, 3.05) is 26.6 Å². The second-order valence-corrected chi connectivity index (χ2v) is 9.33. The predicted octanol–water partition coefficient (Wildman–Crippen LogP) is 1.31. The SMILES string of the molecule is O=S(=O)(c1ccccc1)N1CCN(S(=O)(=O)c2ccccc2)COC1. The van der Waals surface area contributed by atoms with Gasteiger partial charge in [-0.2, -0.15) is 8.61 Å². The van der Waals surface area contributed by atoms with Crippen molar-refractivity contribution in [2.45, 2.75) is 9.79 Å². The molecular formula is C16H18N2O5S2. The summed E-state index contributed by atoms with van der Waals surface area (Å²) in [5.41, 5.74) is 0. The third-order valence-corrected chi connectivity index (χ3v) is 7.50. The van der Waals surface area contributed by atoms with Gasteiger partial charge in [-0.3, -0.25) is 0 Å². The molecule has 0 unspecified atom stereocenters. The van der Waals surface area contributed by atoms with Gasteiger partial charge in [0.25, 0.3) is 0 Å². The molecule has 7 nitrogen and oxygen atoms in total. The number of rotatable bonds is 4. The maximum absolute atomic E-state index is 12.6. The van der Waals surface area contributed by atoms with E-state index in [1.54, 1.807) is 36.4 Å². The van der Waals surface area contributed by atoms with Crippen molar-refractivity contribution >= 4 is 20.0 Å². The van der Waals surface area contributed by atoms with Crippen molar-refractivity contribution in [3.8, 4) is 0 Å². The second-order valence-electron chi connectivity index (χ2n) is 5.45. The highest BCUT2D eigenvalue weighted by Crippen LogP contribution is 2.20. The standard InChI is InChI=1S/C16H18N2O5S2/c19-24(20,15-7-3-1-4-8-15)17-11-12-18(14-23-13-17)25(21,22)16-9-5-2-6-10-16/h1-10H,11-14H2. The summed E-state index contributed by atoms with van der Waals surface area (Å²) >= 11 is 0. The monoisotopic (exact) mass is 382 g/mol. The Morgan fingerprint density at radius 1 is 0.640 bits per heavy atom. The van der Waals surface area contributed by atoms with Crippen LogP contribution < -0.4 is 0 Å². The fraction of sp³-hybridized carbons (Fsp3) is 0.250. The molecule has 25 heavy (non-hydrogen) atoms. The Morgan fingerprint density at radius 3 is 1.36 bits per heavy atom. The lowest BCUT2D eigenvalue weighted by atomic mass is 10.4. The molecular weight excluding hydrogens is 364 g/mol. The molecule has 0 aromatic heterocycles. The summed E-state index contributed by atoms with van der Waals surface area (Å²) in [6, 6.07) is 16.0. The van der Waals surface area contributed by atoms with Gasteiger partial charge in [0, 0.05) is 13.1 Å². The van der Waals surface area contributed by atoms with Gasteiger partial charge in [-0.15, -0.1) is 0 Å². The highest BCUT2D eigenvalue weighted by atomic mass is 32.2. The Balaban J connectivity index is 1.79. The molecule has 0 amide bonds. The average Bonchev–Trinajstić information content (AvgIpc) is 2.90. The largest absolute Gasteiger partial charge is 0.349 e. The molecule has 1 aliphatic rings. The van der Waals surface area contributed by atoms with Gasteiger partial charge < -0.3 is 4.74 Å². The van der Waals surface area contributed by atoms with Crippen LogP contribution >= 0.6 is 0 Å². The fourth-order valence-corrected chi connectivity index (χ4v) is 5.13. The van der Waals surface area contributed by atoms with E-state index in [9.17, 15) is 16.8 Å². The molecule has 0 saturated carbocycles. The topological polar surface area (TPSA) is 84.0 Å². The molecule has 1 saturated heterocycles. The molecule has 134 valence electrons. The molecule has 0 radical (unpaired) electrons. The van der Waals surface area contributed by atoms with Gasteiger partial charge in [0.15, 0.2) is 0 Å². The summed E-state index contributed by atoms with van der Waals surface area (Å²) in [6.07, 6.45) is 0. The Bertz CT molecular complexity index is 838. The van der Waals surface area contributed by atoms with E-state index in [4.69, 9.17) is 4.74 Å². The molecule has 0 spiro atoms. The summed E-state index contributed by atoms with van der Waals surface area (Å²) < 4.78 is 58.2. The average molecular weight is 382 g/mol. The zero-order chi connectivity index (χ0) is 17.9. The molecule has 0 atom stereocenters. The molecule has 1 fully saturated rings. The Kier molecular flexibility index (Phi) is 5.21. The van der Waals surface area contributed by atoms with Crippen LogP contribution in [0.5, 0.6) is 0 Å². The van der Waals surface area contributed by atoms with Crippen LogP contribution in [0, 0.1) is 0 Å². The first-order valence-corrected chi connectivity index (χ1v) is 10.5. The van der Waals surface area contributed by atoms with E-state index in [0.29, 0.717) is 0 Å². The van der Waals surface area contributed by atoms with E-state index >= 15 is 0 Å². The first kappa shape index (κ1) is 18.0. The van der Waals surface area contributed by atoms with Crippen LogP contribution in [0.2, 0.25) is 0 Å². The molecule has 2 aromatic rings. The highest BCUT2D eigenvalue weighted by molar-refractivity contribution is 7.89. The van der Waals surface area contributed by atoms with Crippen LogP contribution in [0.4, 0.5) is 0 Å². The van der Waals surface area contributed by atoms with Crippen molar-refractivity contribution in [3.05, 3.63) is 60.7 Å². The maximum atomic E-state index is 12.6. The van der Waals surface area contributed by atoms with Crippen LogP contribution in [-0.2, 0) is 24.8 Å². The van der Waals surface area contributed by atoms with Gasteiger partial charge in [-0.25, -0.2) is 16.8 Å². The summed E-state index contributed by atoms with van der Waals surface area (Å²) in [5.74, 6) is 0. The van der Waals surface area contributed by atoms with Crippen LogP contribution in [0.3, 0.4) is 0 Å². The van der Waals surface area contributed by atoms with Crippen molar-refractivity contribution in [3.63, 3.8) is 0 Å². The van der Waals surface area contributed by atoms with Crippen LogP contribution in [0.25, 0.3) is 0 Å². The minimum Gasteiger partial charge on any atom is -0.349 e. The van der Waals surface area contributed by atoms with E-state index in [2.05, 4.69) is 0 Å². The molecule has 9 heteroatoms. The smallest absolute Gasteiger partial charge is 0.245 e. The minimum absolute atomic E-state index is 0.0172. The number of nitrogens with zero attached hydrogens (tertiary/aromatic N) is 2. The molecule has 1 aliphatic heterocycles. The molecule has 1 heterocycles. The van der Waals surface area contributed by atoms with E-state index in [0.717, 1.165) is 8.61 Å². The minimum atomic E-state index is -3.73. The molecule has 2 aromatic carbocycles. The Hall–Kier alpha value is -1.78. The van der Waals surface area contributed by atoms with Gasteiger partial charge in [0.1, 0.15) is 13.5 Å². The fourth-order valence-electron chi connectivity index (χ4n) is 2.46. The lowest BCUT2D eigenvalue weighted by Crippen LogP contribution is -2.37. The predicted molar refractivity (Wildman–Crippen MR) is 91.5 cm³/mol. The third kappa shape index (κ3) is 3.75. The molecule has 0 aliphatic carbocycles. The Morgan fingerprint density at radius 2 is 1.00 bits per heavy atom. The van der Waals surface area contributed by atoms with E-state index in [1.165, 1.54) is 24.3 Å². The number of hydrogen-bond acceptors (Lipinski definition) is 5. The van der Waals surface area contributed by atoms with Crippen molar-refractivity contribution in [1.29, 1.82) is 0 Å². The van der Waals surface area contributed by atoms with E-state index < -0.39 is 20.0 Å². The molecule has 3 rings (SSSR count). The number of hydrogen-bond donors (Lipinski definition) is 0. The van der Waals surface area contributed by atoms with Crippen molar-refractivity contribution < 1.29 is 21.6 Å². The second kappa shape index (κ2) is 7.22. The van der Waals surface area contributed by atoms with E-state index in [1.807, 2.05) is 0 Å². The summed E-state index contributed by atoms with van der Waals surface area (Å²) in [5, 5.41) is 0. The van der Waals surface area contributed by atoms with Gasteiger partial charge in [0.05, 0.1) is 9.79 Å². The first-order valence-electron chi connectivity index (χ1n) is 7.60. The zero-order valence-corrected chi connectivity index (χ0v) is 15.0. The molecule has 0 bridgehead atoms. The molecule has 0 N–H and O–H groups in total. The van der Waals surface area contributed by atoms with Crippen LogP contribution in [0.15, 0.2) is 70.5 Å². The quantitative estimate of drug-likeness (QED) is 0.796. The van der Waals surface area contributed by atoms with Gasteiger partial charge in [-0.05, 0) is 24.3 Å². The lowest BCUT2D eigenvalue weighted by molar-refractivity contribution is 0.0573. The maximum Gasteiger partial charge on any atom is 0.245 e. The van der Waals surface area contributed by atoms with Gasteiger partial charge in [-0.1, -0.05) is 36.4 Å². The first-order chi connectivity index (χ1) is 11.9. The normalized spacial score (nSPS) is 17.9. The summed E-state index contributed by atoms with van der Waals surface area (Å²) in [7, 11) is -7.46. The van der Waals surface area contributed by atoms with Gasteiger partial charge in [0.2, 0.25) is 20.0 Å². The van der Waals surface area contributed by atoms with Crippen LogP contribution in [0.1, 0.15) is 0 Å². The van der Waals surface area contributed by atoms with Crippen LogP contribution in [-0.4, -0.2) is 52.0 Å². The Labute approximate surface area is 147 Å². The lowest BCUT2D eigenvalue weighted by Gasteiger charge is -2.20. The number of sulfonamides is 2. The highest BCUT2D eigenvalue weighted by Gasteiger charge is 2.32. The van der Waals surface area contributed by atoms with Gasteiger partial charge >= 0.3 is 0 Å². The third-order valence-electron chi connectivity index (χ3n) is 3.83. The zero-order valence-electron chi connectivity index (χ0n) is 13.4. The van der Waals surface area contributed by atoms with Crippen molar-refractivity contribution in [1.82, 2.24) is 8.61 Å². The number of ether oxygens (including phenoxy) is 1.